The number of carbonyl (C=O) groups excluding carboxylic acids is 1. The van der Waals surface area contributed by atoms with Crippen LogP contribution in [0.1, 0.15) is 18.6 Å². The Morgan fingerprint density at radius 1 is 1.29 bits per heavy atom. The lowest BCUT2D eigenvalue weighted by Gasteiger charge is -2.12. The standard InChI is InChI=1S/C18H14ClNO2S2/c19-14-4-2-1-3-13(14)15-8-7-12(22-15)9-16-17(21)20(18(23)24-16)10-11-5-6-11/h1-4,7-9,11H,5-6,10H2. The van der Waals surface area contributed by atoms with Crippen LogP contribution in [0.3, 0.4) is 0 Å². The van der Waals surface area contributed by atoms with E-state index < -0.39 is 0 Å². The number of thiocarbonyl (C=S) groups is 1. The van der Waals surface area contributed by atoms with Crippen LogP contribution in [-0.2, 0) is 4.79 Å². The van der Waals surface area contributed by atoms with Crippen molar-refractivity contribution in [2.45, 2.75) is 12.8 Å². The highest BCUT2D eigenvalue weighted by Gasteiger charge is 2.36. The highest BCUT2D eigenvalue weighted by Crippen LogP contribution is 2.38. The Bertz CT molecular complexity index is 854. The summed E-state index contributed by atoms with van der Waals surface area (Å²) in [5, 5.41) is 0.633. The lowest BCUT2D eigenvalue weighted by Crippen LogP contribution is -2.29. The summed E-state index contributed by atoms with van der Waals surface area (Å²) in [5.74, 6) is 1.90. The first-order valence-corrected chi connectivity index (χ1v) is 9.32. The molecule has 1 amide bonds. The average molecular weight is 376 g/mol. The number of amides is 1. The van der Waals surface area contributed by atoms with E-state index in [9.17, 15) is 4.79 Å². The van der Waals surface area contributed by atoms with Crippen molar-refractivity contribution in [3.05, 3.63) is 52.1 Å². The molecule has 3 nitrogen and oxygen atoms in total. The first-order chi connectivity index (χ1) is 11.6. The lowest BCUT2D eigenvalue weighted by atomic mass is 10.2. The fraction of sp³-hybridized carbons (Fsp3) is 0.222. The molecule has 1 aromatic heterocycles. The Balaban J connectivity index is 1.57. The van der Waals surface area contributed by atoms with Crippen molar-refractivity contribution < 1.29 is 9.21 Å². The van der Waals surface area contributed by atoms with Crippen molar-refractivity contribution >= 4 is 51.9 Å². The highest BCUT2D eigenvalue weighted by atomic mass is 35.5. The summed E-state index contributed by atoms with van der Waals surface area (Å²) < 4.78 is 6.47. The molecule has 0 radical (unpaired) electrons. The Hall–Kier alpha value is -1.56. The van der Waals surface area contributed by atoms with E-state index in [0.717, 1.165) is 12.1 Å². The molecule has 2 aromatic rings. The normalized spacial score (nSPS) is 19.5. The number of furan rings is 1. The van der Waals surface area contributed by atoms with Gasteiger partial charge in [-0.15, -0.1) is 0 Å². The molecule has 0 N–H and O–H groups in total. The number of hydrogen-bond donors (Lipinski definition) is 0. The Kier molecular flexibility index (Phi) is 4.24. The van der Waals surface area contributed by atoms with Gasteiger partial charge in [0.05, 0.1) is 9.93 Å². The van der Waals surface area contributed by atoms with Crippen LogP contribution < -0.4 is 0 Å². The highest BCUT2D eigenvalue weighted by molar-refractivity contribution is 8.26. The van der Waals surface area contributed by atoms with Crippen LogP contribution in [0.4, 0.5) is 0 Å². The summed E-state index contributed by atoms with van der Waals surface area (Å²) in [6, 6.07) is 11.2. The van der Waals surface area contributed by atoms with Gasteiger partial charge in [-0.3, -0.25) is 9.69 Å². The van der Waals surface area contributed by atoms with Crippen LogP contribution in [0.15, 0.2) is 45.7 Å². The van der Waals surface area contributed by atoms with E-state index in [-0.39, 0.29) is 5.91 Å². The molecular formula is C18H14ClNO2S2. The number of thioether (sulfide) groups is 1. The topological polar surface area (TPSA) is 33.5 Å². The molecule has 1 saturated carbocycles. The minimum absolute atomic E-state index is 0.0207. The molecule has 0 bridgehead atoms. The molecule has 0 atom stereocenters. The summed E-state index contributed by atoms with van der Waals surface area (Å²) in [4.78, 5) is 14.8. The molecule has 1 aliphatic carbocycles. The summed E-state index contributed by atoms with van der Waals surface area (Å²) in [5.41, 5.74) is 0.833. The Morgan fingerprint density at radius 2 is 2.08 bits per heavy atom. The largest absolute Gasteiger partial charge is 0.457 e. The van der Waals surface area contributed by atoms with Crippen molar-refractivity contribution in [2.75, 3.05) is 6.54 Å². The fourth-order valence-corrected chi connectivity index (χ4v) is 4.07. The molecule has 2 aliphatic rings. The van der Waals surface area contributed by atoms with E-state index in [1.54, 1.807) is 11.0 Å². The number of nitrogens with zero attached hydrogens (tertiary/aromatic N) is 1. The smallest absolute Gasteiger partial charge is 0.266 e. The molecule has 24 heavy (non-hydrogen) atoms. The van der Waals surface area contributed by atoms with Gasteiger partial charge in [0, 0.05) is 18.2 Å². The third kappa shape index (κ3) is 3.16. The predicted molar refractivity (Wildman–Crippen MR) is 102 cm³/mol. The van der Waals surface area contributed by atoms with Crippen LogP contribution >= 0.6 is 35.6 Å². The maximum Gasteiger partial charge on any atom is 0.266 e. The van der Waals surface area contributed by atoms with Crippen LogP contribution in [-0.4, -0.2) is 21.7 Å². The molecule has 4 rings (SSSR count). The van der Waals surface area contributed by atoms with E-state index in [1.165, 1.54) is 24.6 Å². The number of benzene rings is 1. The summed E-state index contributed by atoms with van der Waals surface area (Å²) >= 11 is 12.9. The van der Waals surface area contributed by atoms with Gasteiger partial charge in [-0.1, -0.05) is 47.7 Å². The van der Waals surface area contributed by atoms with Crippen molar-refractivity contribution in [2.24, 2.45) is 5.92 Å². The van der Waals surface area contributed by atoms with Crippen LogP contribution in [0.25, 0.3) is 17.4 Å². The van der Waals surface area contributed by atoms with Crippen LogP contribution in [0, 0.1) is 5.92 Å². The van der Waals surface area contributed by atoms with Gasteiger partial charge >= 0.3 is 0 Å². The zero-order chi connectivity index (χ0) is 16.7. The molecule has 2 fully saturated rings. The third-order valence-corrected chi connectivity index (χ3v) is 5.76. The second-order valence-corrected chi connectivity index (χ2v) is 8.00. The molecular weight excluding hydrogens is 362 g/mol. The van der Waals surface area contributed by atoms with E-state index in [0.29, 0.717) is 31.7 Å². The average Bonchev–Trinajstić information content (AvgIpc) is 3.21. The van der Waals surface area contributed by atoms with Crippen molar-refractivity contribution in [1.82, 2.24) is 4.90 Å². The van der Waals surface area contributed by atoms with Crippen molar-refractivity contribution in [3.8, 4) is 11.3 Å². The monoisotopic (exact) mass is 375 g/mol. The molecule has 122 valence electrons. The summed E-state index contributed by atoms with van der Waals surface area (Å²) in [7, 11) is 0. The van der Waals surface area contributed by atoms with Gasteiger partial charge in [-0.05, 0) is 43.0 Å². The SMILES string of the molecule is O=C1C(=Cc2ccc(-c3ccccc3Cl)o2)SC(=S)N1CC1CC1. The molecule has 1 aromatic carbocycles. The molecule has 1 saturated heterocycles. The van der Waals surface area contributed by atoms with Crippen LogP contribution in [0.2, 0.25) is 5.02 Å². The van der Waals surface area contributed by atoms with E-state index in [4.69, 9.17) is 28.2 Å². The molecule has 0 unspecified atom stereocenters. The zero-order valence-corrected chi connectivity index (χ0v) is 15.1. The van der Waals surface area contributed by atoms with E-state index >= 15 is 0 Å². The first kappa shape index (κ1) is 15.9. The molecule has 6 heteroatoms. The molecule has 2 heterocycles. The second-order valence-electron chi connectivity index (χ2n) is 5.92. The summed E-state index contributed by atoms with van der Waals surface area (Å²) in [6.07, 6.45) is 4.14. The first-order valence-electron chi connectivity index (χ1n) is 7.72. The minimum atomic E-state index is -0.0207. The van der Waals surface area contributed by atoms with Gasteiger partial charge in [0.15, 0.2) is 0 Å². The van der Waals surface area contributed by atoms with Gasteiger partial charge < -0.3 is 4.42 Å². The lowest BCUT2D eigenvalue weighted by molar-refractivity contribution is -0.122. The number of rotatable bonds is 4. The number of hydrogen-bond acceptors (Lipinski definition) is 4. The third-order valence-electron chi connectivity index (χ3n) is 4.05. The maximum atomic E-state index is 12.5. The zero-order valence-electron chi connectivity index (χ0n) is 12.7. The molecule has 0 spiro atoms. The second kappa shape index (κ2) is 6.39. The fourth-order valence-electron chi connectivity index (χ4n) is 2.58. The Labute approximate surface area is 154 Å². The van der Waals surface area contributed by atoms with E-state index in [2.05, 4.69) is 0 Å². The van der Waals surface area contributed by atoms with Gasteiger partial charge in [0.2, 0.25) is 0 Å². The van der Waals surface area contributed by atoms with Crippen molar-refractivity contribution in [3.63, 3.8) is 0 Å². The summed E-state index contributed by atoms with van der Waals surface area (Å²) in [6.45, 7) is 0.741. The van der Waals surface area contributed by atoms with Gasteiger partial charge in [-0.2, -0.15) is 0 Å². The Morgan fingerprint density at radius 3 is 2.83 bits per heavy atom. The van der Waals surface area contributed by atoms with Gasteiger partial charge in [0.25, 0.3) is 5.91 Å². The maximum absolute atomic E-state index is 12.5. The van der Waals surface area contributed by atoms with E-state index in [1.807, 2.05) is 36.4 Å². The van der Waals surface area contributed by atoms with Crippen LogP contribution in [0.5, 0.6) is 0 Å². The van der Waals surface area contributed by atoms with Gasteiger partial charge in [0.1, 0.15) is 15.8 Å². The number of halogens is 1. The minimum Gasteiger partial charge on any atom is -0.457 e. The predicted octanol–water partition coefficient (Wildman–Crippen LogP) is 5.21. The van der Waals surface area contributed by atoms with Gasteiger partial charge in [-0.25, -0.2) is 0 Å². The molecule has 1 aliphatic heterocycles. The quantitative estimate of drug-likeness (QED) is 0.542. The number of carbonyl (C=O) groups is 1. The van der Waals surface area contributed by atoms with Crippen molar-refractivity contribution in [1.29, 1.82) is 0 Å².